The summed E-state index contributed by atoms with van der Waals surface area (Å²) in [4.78, 5) is 25.3. The average molecular weight is 282 g/mol. The largest absolute Gasteiger partial charge is 0.481 e. The molecule has 1 amide bonds. The molecule has 5 nitrogen and oxygen atoms in total. The fraction of sp³-hybridized carbons (Fsp3) is 0.867. The normalized spacial score (nSPS) is 28.4. The molecule has 20 heavy (non-hydrogen) atoms. The lowest BCUT2D eigenvalue weighted by molar-refractivity contribution is -0.141. The Balaban J connectivity index is 1.62. The Morgan fingerprint density at radius 1 is 1.15 bits per heavy atom. The van der Waals surface area contributed by atoms with Gasteiger partial charge in [-0.1, -0.05) is 6.92 Å². The Kier molecular flexibility index (Phi) is 5.40. The highest BCUT2D eigenvalue weighted by Crippen LogP contribution is 2.31. The average Bonchev–Trinajstić information content (AvgIpc) is 2.91. The molecule has 1 heterocycles. The van der Waals surface area contributed by atoms with Crippen LogP contribution in [0.5, 0.6) is 0 Å². The van der Waals surface area contributed by atoms with Crippen LogP contribution in [0.25, 0.3) is 0 Å². The number of likely N-dealkylation sites (tertiary alicyclic amines) is 1. The Bertz CT molecular complexity index is 351. The van der Waals surface area contributed by atoms with Crippen LogP contribution in [0.2, 0.25) is 0 Å². The number of hydrogen-bond acceptors (Lipinski definition) is 3. The van der Waals surface area contributed by atoms with Crippen molar-refractivity contribution in [1.82, 2.24) is 10.2 Å². The van der Waals surface area contributed by atoms with Gasteiger partial charge in [0.2, 0.25) is 5.91 Å². The molecule has 114 valence electrons. The van der Waals surface area contributed by atoms with Gasteiger partial charge in [0.1, 0.15) is 0 Å². The van der Waals surface area contributed by atoms with E-state index >= 15 is 0 Å². The lowest BCUT2D eigenvalue weighted by atomic mass is 9.99. The van der Waals surface area contributed by atoms with Crippen LogP contribution in [-0.2, 0) is 9.59 Å². The number of hydrogen-bond donors (Lipinski definition) is 2. The number of amides is 1. The second kappa shape index (κ2) is 7.07. The van der Waals surface area contributed by atoms with E-state index in [1.807, 2.05) is 0 Å². The van der Waals surface area contributed by atoms with E-state index in [2.05, 4.69) is 17.1 Å². The smallest absolute Gasteiger partial charge is 0.306 e. The molecule has 0 bridgehead atoms. The van der Waals surface area contributed by atoms with Crippen molar-refractivity contribution in [1.29, 1.82) is 0 Å². The standard InChI is InChI=1S/C15H26N2O3/c1-11-4-7-17(8-5-11)9-6-16-14(18)12-2-3-13(10-12)15(19)20/h11-13H,2-10H2,1H3,(H,16,18)(H,19,20)/t12-,13+/m1/s1. The van der Waals surface area contributed by atoms with Gasteiger partial charge in [0.15, 0.2) is 0 Å². The second-order valence-electron chi connectivity index (χ2n) is 6.36. The van der Waals surface area contributed by atoms with E-state index in [0.717, 1.165) is 25.6 Å². The third kappa shape index (κ3) is 4.20. The first-order valence-electron chi connectivity index (χ1n) is 7.79. The number of piperidine rings is 1. The van der Waals surface area contributed by atoms with Crippen molar-refractivity contribution in [2.24, 2.45) is 17.8 Å². The molecule has 0 unspecified atom stereocenters. The van der Waals surface area contributed by atoms with Crippen molar-refractivity contribution in [3.8, 4) is 0 Å². The van der Waals surface area contributed by atoms with E-state index in [1.165, 1.54) is 12.8 Å². The summed E-state index contributed by atoms with van der Waals surface area (Å²) in [6.07, 6.45) is 4.34. The van der Waals surface area contributed by atoms with E-state index in [4.69, 9.17) is 5.11 Å². The van der Waals surface area contributed by atoms with Gasteiger partial charge in [-0.3, -0.25) is 9.59 Å². The third-order valence-corrected chi connectivity index (χ3v) is 4.76. The molecule has 0 aromatic rings. The van der Waals surface area contributed by atoms with Gasteiger partial charge in [0.25, 0.3) is 0 Å². The molecule has 1 saturated carbocycles. The zero-order valence-electron chi connectivity index (χ0n) is 12.3. The highest BCUT2D eigenvalue weighted by molar-refractivity contribution is 5.80. The molecule has 1 saturated heterocycles. The zero-order chi connectivity index (χ0) is 14.5. The van der Waals surface area contributed by atoms with Crippen LogP contribution >= 0.6 is 0 Å². The highest BCUT2D eigenvalue weighted by Gasteiger charge is 2.33. The summed E-state index contributed by atoms with van der Waals surface area (Å²) >= 11 is 0. The first-order valence-corrected chi connectivity index (χ1v) is 7.79. The minimum Gasteiger partial charge on any atom is -0.481 e. The van der Waals surface area contributed by atoms with Crippen LogP contribution in [-0.4, -0.2) is 48.1 Å². The van der Waals surface area contributed by atoms with E-state index < -0.39 is 5.97 Å². The summed E-state index contributed by atoms with van der Waals surface area (Å²) in [7, 11) is 0. The SMILES string of the molecule is CC1CCN(CCNC(=O)[C@@H]2CC[C@H](C(=O)O)C2)CC1. The summed E-state index contributed by atoms with van der Waals surface area (Å²) in [5.41, 5.74) is 0. The summed E-state index contributed by atoms with van der Waals surface area (Å²) in [6, 6.07) is 0. The van der Waals surface area contributed by atoms with Gasteiger partial charge in [-0.05, 0) is 51.1 Å². The Hall–Kier alpha value is -1.10. The summed E-state index contributed by atoms with van der Waals surface area (Å²) in [5, 5.41) is 11.9. The minimum absolute atomic E-state index is 0.0409. The lowest BCUT2D eigenvalue weighted by Crippen LogP contribution is -2.40. The monoisotopic (exact) mass is 282 g/mol. The van der Waals surface area contributed by atoms with Crippen LogP contribution in [0, 0.1) is 17.8 Å². The number of carboxylic acids is 1. The van der Waals surface area contributed by atoms with Crippen molar-refractivity contribution >= 4 is 11.9 Å². The maximum atomic E-state index is 12.0. The van der Waals surface area contributed by atoms with Crippen LogP contribution in [0.3, 0.4) is 0 Å². The van der Waals surface area contributed by atoms with Gasteiger partial charge in [0.05, 0.1) is 5.92 Å². The van der Waals surface area contributed by atoms with E-state index in [1.54, 1.807) is 0 Å². The quantitative estimate of drug-likeness (QED) is 0.798. The van der Waals surface area contributed by atoms with Crippen molar-refractivity contribution in [3.63, 3.8) is 0 Å². The van der Waals surface area contributed by atoms with Gasteiger partial charge in [-0.15, -0.1) is 0 Å². The van der Waals surface area contributed by atoms with Crippen LogP contribution in [0.15, 0.2) is 0 Å². The molecule has 5 heteroatoms. The molecule has 2 fully saturated rings. The fourth-order valence-corrected chi connectivity index (χ4v) is 3.21. The predicted octanol–water partition coefficient (Wildman–Crippen LogP) is 1.34. The molecule has 1 aliphatic heterocycles. The number of carbonyl (C=O) groups excluding carboxylic acids is 1. The fourth-order valence-electron chi connectivity index (χ4n) is 3.21. The van der Waals surface area contributed by atoms with Gasteiger partial charge in [-0.2, -0.15) is 0 Å². The first kappa shape index (κ1) is 15.3. The number of carboxylic acid groups (broad SMARTS) is 1. The van der Waals surface area contributed by atoms with Gasteiger partial charge >= 0.3 is 5.97 Å². The molecular formula is C15H26N2O3. The minimum atomic E-state index is -0.761. The number of carbonyl (C=O) groups is 2. The van der Waals surface area contributed by atoms with Crippen molar-refractivity contribution in [2.75, 3.05) is 26.2 Å². The van der Waals surface area contributed by atoms with Gasteiger partial charge in [-0.25, -0.2) is 0 Å². The molecule has 2 N–H and O–H groups in total. The van der Waals surface area contributed by atoms with E-state index in [9.17, 15) is 9.59 Å². The molecule has 0 aromatic carbocycles. The number of aliphatic carboxylic acids is 1. The molecule has 0 radical (unpaired) electrons. The first-order chi connectivity index (χ1) is 9.56. The third-order valence-electron chi connectivity index (χ3n) is 4.76. The van der Waals surface area contributed by atoms with E-state index in [-0.39, 0.29) is 17.7 Å². The zero-order valence-corrected chi connectivity index (χ0v) is 12.3. The molecule has 2 atom stereocenters. The van der Waals surface area contributed by atoms with Crippen molar-refractivity contribution in [2.45, 2.75) is 39.0 Å². The van der Waals surface area contributed by atoms with Crippen LogP contribution < -0.4 is 5.32 Å². The van der Waals surface area contributed by atoms with Crippen LogP contribution in [0.1, 0.15) is 39.0 Å². The van der Waals surface area contributed by atoms with E-state index in [0.29, 0.717) is 25.8 Å². The highest BCUT2D eigenvalue weighted by atomic mass is 16.4. The van der Waals surface area contributed by atoms with Gasteiger partial charge in [0, 0.05) is 19.0 Å². The van der Waals surface area contributed by atoms with Gasteiger partial charge < -0.3 is 15.3 Å². The summed E-state index contributed by atoms with van der Waals surface area (Å²) < 4.78 is 0. The molecule has 2 aliphatic rings. The second-order valence-corrected chi connectivity index (χ2v) is 6.36. The Morgan fingerprint density at radius 2 is 1.80 bits per heavy atom. The molecule has 0 spiro atoms. The predicted molar refractivity (Wildman–Crippen MR) is 76.3 cm³/mol. The number of rotatable bonds is 5. The maximum absolute atomic E-state index is 12.0. The molecule has 1 aliphatic carbocycles. The summed E-state index contributed by atoms with van der Waals surface area (Å²) in [6.45, 7) is 6.14. The van der Waals surface area contributed by atoms with Crippen molar-refractivity contribution < 1.29 is 14.7 Å². The molecule has 2 rings (SSSR count). The summed E-state index contributed by atoms with van der Waals surface area (Å²) in [5.74, 6) is -0.319. The number of nitrogens with zero attached hydrogens (tertiary/aromatic N) is 1. The topological polar surface area (TPSA) is 69.6 Å². The van der Waals surface area contributed by atoms with Crippen LogP contribution in [0.4, 0.5) is 0 Å². The Morgan fingerprint density at radius 3 is 2.40 bits per heavy atom. The molecule has 0 aromatic heterocycles. The molecular weight excluding hydrogens is 256 g/mol. The maximum Gasteiger partial charge on any atom is 0.306 e. The number of nitrogens with one attached hydrogen (secondary N) is 1. The Labute approximate surface area is 120 Å². The lowest BCUT2D eigenvalue weighted by Gasteiger charge is -2.30. The van der Waals surface area contributed by atoms with Crippen molar-refractivity contribution in [3.05, 3.63) is 0 Å².